The highest BCUT2D eigenvalue weighted by Gasteiger charge is 2.20. The van der Waals surface area contributed by atoms with E-state index in [2.05, 4.69) is 5.32 Å². The number of rotatable bonds is 2. The Hall–Kier alpha value is -0.0800. The van der Waals surface area contributed by atoms with Gasteiger partial charge in [0.1, 0.15) is 0 Å². The van der Waals surface area contributed by atoms with Crippen molar-refractivity contribution < 1.29 is 5.11 Å². The zero-order valence-corrected chi connectivity index (χ0v) is 7.34. The Morgan fingerprint density at radius 3 is 2.73 bits per heavy atom. The summed E-state index contributed by atoms with van der Waals surface area (Å²) < 4.78 is 0. The maximum Gasteiger partial charge on any atom is 0.0580 e. The Labute approximate surface area is 69.0 Å². The summed E-state index contributed by atoms with van der Waals surface area (Å²) in [5.41, 5.74) is 0. The summed E-state index contributed by atoms with van der Waals surface area (Å²) in [6, 6.07) is 0. The molecule has 0 aliphatic heterocycles. The van der Waals surface area contributed by atoms with E-state index in [9.17, 15) is 5.11 Å². The highest BCUT2D eigenvalue weighted by molar-refractivity contribution is 4.73. The van der Waals surface area contributed by atoms with Crippen LogP contribution in [0.5, 0.6) is 0 Å². The van der Waals surface area contributed by atoms with Crippen molar-refractivity contribution in [3.63, 3.8) is 0 Å². The fraction of sp³-hybridized carbons (Fsp3) is 1.00. The van der Waals surface area contributed by atoms with Crippen LogP contribution in [0.3, 0.4) is 0 Å². The molecule has 0 spiro atoms. The highest BCUT2D eigenvalue weighted by Crippen LogP contribution is 2.22. The van der Waals surface area contributed by atoms with Gasteiger partial charge in [-0.3, -0.25) is 0 Å². The van der Waals surface area contributed by atoms with Crippen LogP contribution in [0.2, 0.25) is 0 Å². The molecule has 66 valence electrons. The molecule has 2 unspecified atom stereocenters. The Kier molecular flexibility index (Phi) is 3.87. The number of aliphatic hydroxyl groups excluding tert-OH is 1. The van der Waals surface area contributed by atoms with Gasteiger partial charge < -0.3 is 10.4 Å². The van der Waals surface area contributed by atoms with Crippen LogP contribution in [0.1, 0.15) is 32.1 Å². The third kappa shape index (κ3) is 2.80. The fourth-order valence-corrected chi connectivity index (χ4v) is 1.87. The van der Waals surface area contributed by atoms with Crippen molar-refractivity contribution in [1.29, 1.82) is 0 Å². The van der Waals surface area contributed by atoms with Crippen molar-refractivity contribution >= 4 is 0 Å². The summed E-state index contributed by atoms with van der Waals surface area (Å²) in [6.45, 7) is 0.973. The van der Waals surface area contributed by atoms with Gasteiger partial charge in [0, 0.05) is 6.54 Å². The summed E-state index contributed by atoms with van der Waals surface area (Å²) in [5, 5.41) is 12.8. The summed E-state index contributed by atoms with van der Waals surface area (Å²) in [4.78, 5) is 0. The molecule has 1 fully saturated rings. The van der Waals surface area contributed by atoms with E-state index in [0.717, 1.165) is 13.0 Å². The molecular weight excluding hydrogens is 138 g/mol. The molecule has 2 heteroatoms. The lowest BCUT2D eigenvalue weighted by atomic mass is 9.97. The minimum absolute atomic E-state index is 0.0510. The molecule has 1 aliphatic rings. The number of aliphatic hydroxyl groups is 1. The summed E-state index contributed by atoms with van der Waals surface area (Å²) in [7, 11) is 1.96. The van der Waals surface area contributed by atoms with E-state index in [0.29, 0.717) is 5.92 Å². The van der Waals surface area contributed by atoms with E-state index in [1.807, 2.05) is 7.05 Å². The van der Waals surface area contributed by atoms with Crippen LogP contribution in [0.4, 0.5) is 0 Å². The van der Waals surface area contributed by atoms with E-state index in [1.165, 1.54) is 25.7 Å². The van der Waals surface area contributed by atoms with Gasteiger partial charge in [-0.1, -0.05) is 19.3 Å². The van der Waals surface area contributed by atoms with Gasteiger partial charge in [-0.15, -0.1) is 0 Å². The van der Waals surface area contributed by atoms with Crippen LogP contribution >= 0.6 is 0 Å². The van der Waals surface area contributed by atoms with Crippen LogP contribution in [0.25, 0.3) is 0 Å². The van der Waals surface area contributed by atoms with E-state index in [1.54, 1.807) is 0 Å². The van der Waals surface area contributed by atoms with Crippen LogP contribution in [0.15, 0.2) is 0 Å². The third-order valence-electron chi connectivity index (χ3n) is 2.59. The van der Waals surface area contributed by atoms with E-state index >= 15 is 0 Å². The van der Waals surface area contributed by atoms with Crippen LogP contribution in [0, 0.1) is 5.92 Å². The smallest absolute Gasteiger partial charge is 0.0580 e. The average molecular weight is 157 g/mol. The lowest BCUT2D eigenvalue weighted by Gasteiger charge is -2.19. The maximum atomic E-state index is 9.64. The normalized spacial score (nSPS) is 33.3. The Morgan fingerprint density at radius 2 is 2.00 bits per heavy atom. The van der Waals surface area contributed by atoms with E-state index in [4.69, 9.17) is 0 Å². The molecule has 1 aliphatic carbocycles. The minimum Gasteiger partial charge on any atom is -0.393 e. The van der Waals surface area contributed by atoms with Crippen molar-refractivity contribution in [3.8, 4) is 0 Å². The molecule has 0 amide bonds. The minimum atomic E-state index is -0.0510. The van der Waals surface area contributed by atoms with Gasteiger partial charge in [0.15, 0.2) is 0 Å². The van der Waals surface area contributed by atoms with Crippen LogP contribution in [-0.4, -0.2) is 24.8 Å². The molecule has 0 saturated heterocycles. The molecule has 1 saturated carbocycles. The van der Waals surface area contributed by atoms with Crippen molar-refractivity contribution in [2.75, 3.05) is 13.6 Å². The second-order valence-corrected chi connectivity index (χ2v) is 3.52. The van der Waals surface area contributed by atoms with Gasteiger partial charge in [-0.2, -0.15) is 0 Å². The van der Waals surface area contributed by atoms with Gasteiger partial charge in [-0.05, 0) is 25.8 Å². The average Bonchev–Trinajstić information content (AvgIpc) is 2.18. The Morgan fingerprint density at radius 1 is 1.27 bits per heavy atom. The van der Waals surface area contributed by atoms with Crippen molar-refractivity contribution in [2.45, 2.75) is 38.2 Å². The first-order chi connectivity index (χ1) is 5.34. The summed E-state index contributed by atoms with van der Waals surface area (Å²) in [6.07, 6.45) is 5.96. The largest absolute Gasteiger partial charge is 0.393 e. The van der Waals surface area contributed by atoms with Crippen molar-refractivity contribution in [1.82, 2.24) is 5.32 Å². The van der Waals surface area contributed by atoms with Crippen molar-refractivity contribution in [3.05, 3.63) is 0 Å². The molecular formula is C9H19NO. The lowest BCUT2D eigenvalue weighted by Crippen LogP contribution is -2.28. The quantitative estimate of drug-likeness (QED) is 0.589. The topological polar surface area (TPSA) is 32.3 Å². The molecule has 2 nitrogen and oxygen atoms in total. The van der Waals surface area contributed by atoms with Gasteiger partial charge in [0.2, 0.25) is 0 Å². The van der Waals surface area contributed by atoms with Crippen LogP contribution in [-0.2, 0) is 0 Å². The SMILES string of the molecule is CNCC1CCCCCC1O. The molecule has 0 heterocycles. The predicted molar refractivity (Wildman–Crippen MR) is 46.5 cm³/mol. The maximum absolute atomic E-state index is 9.64. The Balaban J connectivity index is 2.32. The van der Waals surface area contributed by atoms with Crippen molar-refractivity contribution in [2.24, 2.45) is 5.92 Å². The standard InChI is InChI=1S/C9H19NO/c1-10-7-8-5-3-2-4-6-9(8)11/h8-11H,2-7H2,1H3. The van der Waals surface area contributed by atoms with E-state index < -0.39 is 0 Å². The highest BCUT2D eigenvalue weighted by atomic mass is 16.3. The zero-order chi connectivity index (χ0) is 8.10. The zero-order valence-electron chi connectivity index (χ0n) is 7.34. The van der Waals surface area contributed by atoms with Gasteiger partial charge in [0.25, 0.3) is 0 Å². The predicted octanol–water partition coefficient (Wildman–Crippen LogP) is 1.15. The molecule has 0 aromatic heterocycles. The molecule has 2 N–H and O–H groups in total. The molecule has 0 bridgehead atoms. The van der Waals surface area contributed by atoms with E-state index in [-0.39, 0.29) is 6.10 Å². The van der Waals surface area contributed by atoms with Crippen LogP contribution < -0.4 is 5.32 Å². The number of hydrogen-bond donors (Lipinski definition) is 2. The third-order valence-corrected chi connectivity index (χ3v) is 2.59. The fourth-order valence-electron chi connectivity index (χ4n) is 1.87. The van der Waals surface area contributed by atoms with Gasteiger partial charge in [-0.25, -0.2) is 0 Å². The first-order valence-corrected chi connectivity index (χ1v) is 4.67. The monoisotopic (exact) mass is 157 g/mol. The molecule has 0 radical (unpaired) electrons. The Bertz CT molecular complexity index is 106. The first kappa shape index (κ1) is 9.01. The first-order valence-electron chi connectivity index (χ1n) is 4.67. The molecule has 2 atom stereocenters. The van der Waals surface area contributed by atoms with Gasteiger partial charge >= 0.3 is 0 Å². The number of nitrogens with one attached hydrogen (secondary N) is 1. The van der Waals surface area contributed by atoms with Gasteiger partial charge in [0.05, 0.1) is 6.10 Å². The number of hydrogen-bond acceptors (Lipinski definition) is 2. The second-order valence-electron chi connectivity index (χ2n) is 3.52. The molecule has 11 heavy (non-hydrogen) atoms. The second kappa shape index (κ2) is 4.73. The molecule has 1 rings (SSSR count). The lowest BCUT2D eigenvalue weighted by molar-refractivity contribution is 0.101. The summed E-state index contributed by atoms with van der Waals surface area (Å²) >= 11 is 0. The molecule has 0 aromatic rings. The molecule has 0 aromatic carbocycles. The summed E-state index contributed by atoms with van der Waals surface area (Å²) in [5.74, 6) is 0.502.